The molecule has 1 atom stereocenters. The van der Waals surface area contributed by atoms with E-state index in [0.29, 0.717) is 6.54 Å². The van der Waals surface area contributed by atoms with Crippen LogP contribution in [0.2, 0.25) is 0 Å². The first-order valence-electron chi connectivity index (χ1n) is 7.51. The summed E-state index contributed by atoms with van der Waals surface area (Å²) in [5.74, 6) is 0.0377. The molecular formula is C16H21N3O2. The van der Waals surface area contributed by atoms with E-state index in [1.165, 1.54) is 5.56 Å². The van der Waals surface area contributed by atoms with Crippen LogP contribution in [0, 0.1) is 0 Å². The van der Waals surface area contributed by atoms with Crippen LogP contribution in [0.25, 0.3) is 0 Å². The van der Waals surface area contributed by atoms with Gasteiger partial charge in [-0.15, -0.1) is 0 Å². The third-order valence-corrected chi connectivity index (χ3v) is 4.34. The van der Waals surface area contributed by atoms with E-state index in [2.05, 4.69) is 11.4 Å². The van der Waals surface area contributed by atoms with Crippen molar-refractivity contribution in [1.82, 2.24) is 15.1 Å². The molecule has 1 aromatic carbocycles. The van der Waals surface area contributed by atoms with Crippen molar-refractivity contribution in [3.8, 4) is 0 Å². The van der Waals surface area contributed by atoms with Crippen LogP contribution in [0.4, 0.5) is 0 Å². The summed E-state index contributed by atoms with van der Waals surface area (Å²) in [5.41, 5.74) is 2.28. The summed E-state index contributed by atoms with van der Waals surface area (Å²) in [4.78, 5) is 28.2. The molecule has 0 aromatic heterocycles. The Morgan fingerprint density at radius 2 is 2.10 bits per heavy atom. The molecule has 0 aliphatic carbocycles. The minimum Gasteiger partial charge on any atom is -0.344 e. The molecule has 2 amide bonds. The summed E-state index contributed by atoms with van der Waals surface area (Å²) in [5, 5.41) is 3.30. The van der Waals surface area contributed by atoms with Gasteiger partial charge in [0.05, 0.1) is 6.54 Å². The van der Waals surface area contributed by atoms with Crippen molar-refractivity contribution < 1.29 is 9.59 Å². The SMILES string of the molecule is CN1CCCN(C(=O)C2NCCc3ccccc32)CC1=O. The van der Waals surface area contributed by atoms with Crippen LogP contribution in [-0.2, 0) is 16.0 Å². The average Bonchev–Trinajstić information content (AvgIpc) is 2.68. The Morgan fingerprint density at radius 3 is 2.95 bits per heavy atom. The fraction of sp³-hybridized carbons (Fsp3) is 0.500. The van der Waals surface area contributed by atoms with Crippen molar-refractivity contribution in [3.63, 3.8) is 0 Å². The summed E-state index contributed by atoms with van der Waals surface area (Å²) in [6.45, 7) is 2.36. The molecule has 112 valence electrons. The van der Waals surface area contributed by atoms with Gasteiger partial charge in [-0.3, -0.25) is 9.59 Å². The second kappa shape index (κ2) is 5.85. The van der Waals surface area contributed by atoms with Crippen LogP contribution in [0.5, 0.6) is 0 Å². The van der Waals surface area contributed by atoms with Crippen LogP contribution >= 0.6 is 0 Å². The van der Waals surface area contributed by atoms with Crippen LogP contribution < -0.4 is 5.32 Å². The molecule has 1 N–H and O–H groups in total. The maximum atomic E-state index is 12.8. The van der Waals surface area contributed by atoms with Crippen LogP contribution in [0.3, 0.4) is 0 Å². The molecule has 1 aromatic rings. The Hall–Kier alpha value is -1.88. The van der Waals surface area contributed by atoms with E-state index in [9.17, 15) is 9.59 Å². The number of carbonyl (C=O) groups excluding carboxylic acids is 2. The topological polar surface area (TPSA) is 52.6 Å². The lowest BCUT2D eigenvalue weighted by Crippen LogP contribution is -2.46. The highest BCUT2D eigenvalue weighted by atomic mass is 16.2. The average molecular weight is 287 g/mol. The molecule has 0 spiro atoms. The fourth-order valence-electron chi connectivity index (χ4n) is 3.08. The summed E-state index contributed by atoms with van der Waals surface area (Å²) in [6, 6.07) is 7.75. The number of nitrogens with one attached hydrogen (secondary N) is 1. The molecule has 0 saturated carbocycles. The Balaban J connectivity index is 1.81. The van der Waals surface area contributed by atoms with Crippen molar-refractivity contribution in [2.75, 3.05) is 33.2 Å². The van der Waals surface area contributed by atoms with E-state index in [1.54, 1.807) is 16.8 Å². The van der Waals surface area contributed by atoms with Crippen LogP contribution in [0.15, 0.2) is 24.3 Å². The number of benzene rings is 1. The Kier molecular flexibility index (Phi) is 3.92. The monoisotopic (exact) mass is 287 g/mol. The molecule has 0 radical (unpaired) electrons. The van der Waals surface area contributed by atoms with E-state index in [4.69, 9.17) is 0 Å². The highest BCUT2D eigenvalue weighted by Crippen LogP contribution is 2.24. The molecule has 2 aliphatic rings. The van der Waals surface area contributed by atoms with Gasteiger partial charge in [0.2, 0.25) is 11.8 Å². The van der Waals surface area contributed by atoms with Crippen LogP contribution in [-0.4, -0.2) is 54.8 Å². The zero-order valence-corrected chi connectivity index (χ0v) is 12.3. The standard InChI is InChI=1S/C16H21N3O2/c1-18-9-4-10-19(11-14(18)20)16(21)15-13-6-3-2-5-12(13)7-8-17-15/h2-3,5-6,15,17H,4,7-11H2,1H3. The summed E-state index contributed by atoms with van der Waals surface area (Å²) < 4.78 is 0. The lowest BCUT2D eigenvalue weighted by Gasteiger charge is -2.30. The van der Waals surface area contributed by atoms with Gasteiger partial charge in [-0.1, -0.05) is 24.3 Å². The molecule has 5 heteroatoms. The normalized spacial score (nSPS) is 22.7. The van der Waals surface area contributed by atoms with E-state index >= 15 is 0 Å². The summed E-state index contributed by atoms with van der Waals surface area (Å²) in [6.07, 6.45) is 1.78. The first kappa shape index (κ1) is 14.1. The molecule has 21 heavy (non-hydrogen) atoms. The number of hydrogen-bond donors (Lipinski definition) is 1. The van der Waals surface area contributed by atoms with Gasteiger partial charge in [0.25, 0.3) is 0 Å². The zero-order valence-electron chi connectivity index (χ0n) is 12.3. The van der Waals surface area contributed by atoms with Crippen molar-refractivity contribution >= 4 is 11.8 Å². The minimum atomic E-state index is -0.314. The predicted molar refractivity (Wildman–Crippen MR) is 79.7 cm³/mol. The second-order valence-electron chi connectivity index (χ2n) is 5.76. The van der Waals surface area contributed by atoms with Gasteiger partial charge in [0.15, 0.2) is 0 Å². The number of hydrogen-bond acceptors (Lipinski definition) is 3. The number of fused-ring (bicyclic) bond motifs is 1. The Morgan fingerprint density at radius 1 is 1.29 bits per heavy atom. The molecular weight excluding hydrogens is 266 g/mol. The molecule has 1 unspecified atom stereocenters. The number of carbonyl (C=O) groups is 2. The van der Waals surface area contributed by atoms with Crippen molar-refractivity contribution in [1.29, 1.82) is 0 Å². The van der Waals surface area contributed by atoms with Crippen molar-refractivity contribution in [2.45, 2.75) is 18.9 Å². The third kappa shape index (κ3) is 2.78. The summed E-state index contributed by atoms with van der Waals surface area (Å²) >= 11 is 0. The van der Waals surface area contributed by atoms with E-state index in [0.717, 1.165) is 31.5 Å². The molecule has 0 bridgehead atoms. The van der Waals surface area contributed by atoms with Gasteiger partial charge in [-0.25, -0.2) is 0 Å². The van der Waals surface area contributed by atoms with E-state index in [1.807, 2.05) is 18.2 Å². The third-order valence-electron chi connectivity index (χ3n) is 4.34. The zero-order chi connectivity index (χ0) is 14.8. The maximum absolute atomic E-state index is 12.8. The molecule has 3 rings (SSSR count). The second-order valence-corrected chi connectivity index (χ2v) is 5.76. The first-order valence-corrected chi connectivity index (χ1v) is 7.51. The number of nitrogens with zero attached hydrogens (tertiary/aromatic N) is 2. The molecule has 1 fully saturated rings. The van der Waals surface area contributed by atoms with Gasteiger partial charge in [-0.05, 0) is 24.0 Å². The quantitative estimate of drug-likeness (QED) is 0.821. The van der Waals surface area contributed by atoms with E-state index in [-0.39, 0.29) is 24.4 Å². The lowest BCUT2D eigenvalue weighted by atomic mass is 9.93. The van der Waals surface area contributed by atoms with E-state index < -0.39 is 0 Å². The largest absolute Gasteiger partial charge is 0.344 e. The minimum absolute atomic E-state index is 0.0185. The predicted octanol–water partition coefficient (Wildman–Crippen LogP) is 0.564. The Labute approximate surface area is 124 Å². The van der Waals surface area contributed by atoms with Gasteiger partial charge in [-0.2, -0.15) is 0 Å². The maximum Gasteiger partial charge on any atom is 0.244 e. The van der Waals surface area contributed by atoms with Gasteiger partial charge in [0.1, 0.15) is 6.04 Å². The summed E-state index contributed by atoms with van der Waals surface area (Å²) in [7, 11) is 1.80. The number of likely N-dealkylation sites (N-methyl/N-ethyl adjacent to an activating group) is 1. The van der Waals surface area contributed by atoms with Gasteiger partial charge < -0.3 is 15.1 Å². The van der Waals surface area contributed by atoms with Crippen molar-refractivity contribution in [2.24, 2.45) is 0 Å². The fourth-order valence-corrected chi connectivity index (χ4v) is 3.08. The molecule has 2 aliphatic heterocycles. The van der Waals surface area contributed by atoms with Gasteiger partial charge in [0, 0.05) is 26.7 Å². The number of amides is 2. The highest BCUT2D eigenvalue weighted by molar-refractivity contribution is 5.89. The molecule has 1 saturated heterocycles. The highest BCUT2D eigenvalue weighted by Gasteiger charge is 2.31. The Bertz CT molecular complexity index is 558. The molecule has 5 nitrogen and oxygen atoms in total. The lowest BCUT2D eigenvalue weighted by molar-refractivity contribution is -0.139. The first-order chi connectivity index (χ1) is 10.2. The molecule has 2 heterocycles. The smallest absolute Gasteiger partial charge is 0.244 e. The van der Waals surface area contributed by atoms with Crippen molar-refractivity contribution in [3.05, 3.63) is 35.4 Å². The van der Waals surface area contributed by atoms with Gasteiger partial charge >= 0.3 is 0 Å². The van der Waals surface area contributed by atoms with Crippen LogP contribution in [0.1, 0.15) is 23.6 Å². The number of rotatable bonds is 1.